The second kappa shape index (κ2) is 7.12. The summed E-state index contributed by atoms with van der Waals surface area (Å²) in [7, 11) is 0. The number of hydrogen-bond donors (Lipinski definition) is 1. The van der Waals surface area contributed by atoms with E-state index in [2.05, 4.69) is 67.7 Å². The lowest BCUT2D eigenvalue weighted by Crippen LogP contribution is -2.08. The molecule has 0 radical (unpaired) electrons. The van der Waals surface area contributed by atoms with Crippen LogP contribution in [0.25, 0.3) is 22.3 Å². The van der Waals surface area contributed by atoms with Crippen LogP contribution in [0.1, 0.15) is 16.7 Å². The van der Waals surface area contributed by atoms with Crippen LogP contribution in [0.2, 0.25) is 0 Å². The highest BCUT2D eigenvalue weighted by Gasteiger charge is 2.09. The predicted molar refractivity (Wildman–Crippen MR) is 111 cm³/mol. The highest BCUT2D eigenvalue weighted by Crippen LogP contribution is 2.25. The molecule has 1 heterocycles. The summed E-state index contributed by atoms with van der Waals surface area (Å²) in [4.78, 5) is 0. The van der Waals surface area contributed by atoms with Crippen molar-refractivity contribution in [3.05, 3.63) is 94.8 Å². The molecule has 0 aliphatic carbocycles. The number of hydrogen-bond acceptors (Lipinski definition) is 3. The van der Waals surface area contributed by atoms with Crippen LogP contribution in [-0.4, -0.2) is 0 Å². The lowest BCUT2D eigenvalue weighted by Gasteiger charge is -2.09. The molecule has 0 bridgehead atoms. The minimum atomic E-state index is 0.808. The maximum absolute atomic E-state index is 6.28. The number of anilines is 1. The molecule has 0 atom stereocenters. The molecular weight excluding hydrogens is 332 g/mol. The van der Waals surface area contributed by atoms with E-state index in [0.717, 1.165) is 38.9 Å². The van der Waals surface area contributed by atoms with E-state index in [9.17, 15) is 0 Å². The van der Waals surface area contributed by atoms with Crippen molar-refractivity contribution in [1.29, 1.82) is 0 Å². The summed E-state index contributed by atoms with van der Waals surface area (Å²) in [6, 6.07) is 24.6. The molecule has 4 rings (SSSR count). The molecular formula is C24H22N2O. The maximum Gasteiger partial charge on any atom is 0.139 e. The molecule has 3 aromatic carbocycles. The fourth-order valence-electron chi connectivity index (χ4n) is 3.21. The summed E-state index contributed by atoms with van der Waals surface area (Å²) in [5.41, 5.74) is 9.54. The van der Waals surface area contributed by atoms with Gasteiger partial charge in [0, 0.05) is 17.0 Å². The number of nitrogens with zero attached hydrogens (tertiary/aromatic N) is 1. The molecule has 0 fully saturated rings. The minimum absolute atomic E-state index is 0.808. The Kier molecular flexibility index (Phi) is 4.51. The van der Waals surface area contributed by atoms with Gasteiger partial charge in [0.1, 0.15) is 11.3 Å². The zero-order valence-corrected chi connectivity index (χ0v) is 15.8. The average molecular weight is 354 g/mol. The van der Waals surface area contributed by atoms with Crippen LogP contribution in [-0.2, 0) is 0 Å². The van der Waals surface area contributed by atoms with E-state index < -0.39 is 0 Å². The van der Waals surface area contributed by atoms with Crippen molar-refractivity contribution in [1.82, 2.24) is 0 Å². The van der Waals surface area contributed by atoms with Gasteiger partial charge in [-0.05, 0) is 50.1 Å². The van der Waals surface area contributed by atoms with Gasteiger partial charge in [-0.25, -0.2) is 0 Å². The molecule has 0 amide bonds. The standard InChI is InChI=1S/C24H22N2O/c1-16-9-11-19(12-10-16)23-15-22(26-25-20-7-5-4-6-8-20)21-14-17(2)13-18(3)24(21)27-23/h4-15,25H,1-3H3/b26-22-. The van der Waals surface area contributed by atoms with Crippen molar-refractivity contribution >= 4 is 16.7 Å². The lowest BCUT2D eigenvalue weighted by atomic mass is 10.1. The van der Waals surface area contributed by atoms with Crippen molar-refractivity contribution < 1.29 is 4.42 Å². The van der Waals surface area contributed by atoms with Crippen LogP contribution in [0.4, 0.5) is 5.69 Å². The number of aryl methyl sites for hydroxylation is 3. The quantitative estimate of drug-likeness (QED) is 0.461. The number of nitrogens with one attached hydrogen (secondary N) is 1. The number of benzene rings is 3. The van der Waals surface area contributed by atoms with E-state index >= 15 is 0 Å². The Morgan fingerprint density at radius 2 is 1.52 bits per heavy atom. The van der Waals surface area contributed by atoms with Crippen molar-refractivity contribution in [3.8, 4) is 11.3 Å². The first-order valence-electron chi connectivity index (χ1n) is 9.07. The van der Waals surface area contributed by atoms with Gasteiger partial charge < -0.3 is 4.42 Å². The van der Waals surface area contributed by atoms with Crippen molar-refractivity contribution in [2.45, 2.75) is 20.8 Å². The first-order valence-corrected chi connectivity index (χ1v) is 9.07. The Balaban J connectivity index is 1.93. The smallest absolute Gasteiger partial charge is 0.139 e. The molecule has 3 heteroatoms. The summed E-state index contributed by atoms with van der Waals surface area (Å²) in [6.07, 6.45) is 0. The van der Waals surface area contributed by atoms with Gasteiger partial charge in [-0.15, -0.1) is 0 Å². The van der Waals surface area contributed by atoms with Crippen molar-refractivity contribution in [2.24, 2.45) is 5.10 Å². The van der Waals surface area contributed by atoms with Crippen LogP contribution < -0.4 is 10.8 Å². The fourth-order valence-corrected chi connectivity index (χ4v) is 3.21. The van der Waals surface area contributed by atoms with Gasteiger partial charge in [-0.2, -0.15) is 5.10 Å². The normalized spacial score (nSPS) is 11.7. The molecule has 0 aliphatic rings. The number of para-hydroxylation sites is 1. The van der Waals surface area contributed by atoms with Gasteiger partial charge in [0.2, 0.25) is 0 Å². The largest absolute Gasteiger partial charge is 0.456 e. The van der Waals surface area contributed by atoms with Crippen molar-refractivity contribution in [2.75, 3.05) is 5.43 Å². The number of rotatable bonds is 3. The molecule has 0 spiro atoms. The molecule has 134 valence electrons. The Morgan fingerprint density at radius 1 is 0.778 bits per heavy atom. The van der Waals surface area contributed by atoms with E-state index in [1.165, 1.54) is 11.1 Å². The topological polar surface area (TPSA) is 37.5 Å². The Labute approximate surface area is 159 Å². The van der Waals surface area contributed by atoms with Crippen LogP contribution in [0.3, 0.4) is 0 Å². The molecule has 1 N–H and O–H groups in total. The van der Waals surface area contributed by atoms with Gasteiger partial charge in [-0.3, -0.25) is 5.43 Å². The van der Waals surface area contributed by atoms with Crippen LogP contribution in [0.5, 0.6) is 0 Å². The SMILES string of the molecule is Cc1ccc(-c2c/c(=N/Nc3ccccc3)c3cc(C)cc(C)c3o2)cc1. The molecule has 1 aromatic heterocycles. The average Bonchev–Trinajstić information content (AvgIpc) is 2.68. The van der Waals surface area contributed by atoms with Crippen LogP contribution in [0, 0.1) is 20.8 Å². The second-order valence-corrected chi connectivity index (χ2v) is 6.91. The zero-order valence-electron chi connectivity index (χ0n) is 15.8. The highest BCUT2D eigenvalue weighted by atomic mass is 16.3. The Hall–Kier alpha value is -3.33. The van der Waals surface area contributed by atoms with E-state index in [1.807, 2.05) is 36.4 Å². The summed E-state index contributed by atoms with van der Waals surface area (Å²) < 4.78 is 6.28. The van der Waals surface area contributed by atoms with E-state index in [4.69, 9.17) is 4.42 Å². The van der Waals surface area contributed by atoms with Crippen LogP contribution >= 0.6 is 0 Å². The Bertz CT molecular complexity index is 1160. The monoisotopic (exact) mass is 354 g/mol. The van der Waals surface area contributed by atoms with E-state index in [0.29, 0.717) is 0 Å². The number of fused-ring (bicyclic) bond motifs is 1. The molecule has 27 heavy (non-hydrogen) atoms. The first kappa shape index (κ1) is 17.1. The van der Waals surface area contributed by atoms with Crippen LogP contribution in [0.15, 0.2) is 82.3 Å². The molecule has 3 nitrogen and oxygen atoms in total. The highest BCUT2D eigenvalue weighted by molar-refractivity contribution is 5.82. The minimum Gasteiger partial charge on any atom is -0.456 e. The third-order valence-electron chi connectivity index (χ3n) is 4.59. The third-order valence-corrected chi connectivity index (χ3v) is 4.59. The summed E-state index contributed by atoms with van der Waals surface area (Å²) >= 11 is 0. The fraction of sp³-hybridized carbons (Fsp3) is 0.125. The predicted octanol–water partition coefficient (Wildman–Crippen LogP) is 5.95. The molecule has 0 unspecified atom stereocenters. The summed E-state index contributed by atoms with van der Waals surface area (Å²) in [6.45, 7) is 6.25. The van der Waals surface area contributed by atoms with E-state index in [-0.39, 0.29) is 0 Å². The third kappa shape index (κ3) is 3.63. The van der Waals surface area contributed by atoms with Gasteiger partial charge in [0.15, 0.2) is 0 Å². The van der Waals surface area contributed by atoms with Crippen molar-refractivity contribution in [3.63, 3.8) is 0 Å². The second-order valence-electron chi connectivity index (χ2n) is 6.91. The first-order chi connectivity index (χ1) is 13.1. The lowest BCUT2D eigenvalue weighted by molar-refractivity contribution is 0.615. The maximum atomic E-state index is 6.28. The Morgan fingerprint density at radius 3 is 2.26 bits per heavy atom. The van der Waals surface area contributed by atoms with Gasteiger partial charge in [-0.1, -0.05) is 54.1 Å². The molecule has 4 aromatic rings. The molecule has 0 aliphatic heterocycles. The summed E-state index contributed by atoms with van der Waals surface area (Å²) in [5, 5.41) is 6.55. The molecule has 0 saturated heterocycles. The molecule has 0 saturated carbocycles. The van der Waals surface area contributed by atoms with Gasteiger partial charge >= 0.3 is 0 Å². The summed E-state index contributed by atoms with van der Waals surface area (Å²) in [5.74, 6) is 0.808. The van der Waals surface area contributed by atoms with Gasteiger partial charge in [0.05, 0.1) is 11.0 Å². The van der Waals surface area contributed by atoms with E-state index in [1.54, 1.807) is 0 Å². The zero-order chi connectivity index (χ0) is 18.8. The van der Waals surface area contributed by atoms with Gasteiger partial charge in [0.25, 0.3) is 0 Å².